The van der Waals surface area contributed by atoms with Crippen molar-refractivity contribution in [3.8, 4) is 0 Å². The van der Waals surface area contributed by atoms with E-state index in [2.05, 4.69) is 33.2 Å². The number of para-hydroxylation sites is 2. The number of piperazine rings is 1. The van der Waals surface area contributed by atoms with E-state index in [0.717, 1.165) is 48.6 Å². The van der Waals surface area contributed by atoms with Gasteiger partial charge in [0.15, 0.2) is 0 Å². The van der Waals surface area contributed by atoms with Crippen molar-refractivity contribution in [2.75, 3.05) is 43.4 Å². The van der Waals surface area contributed by atoms with E-state index in [4.69, 9.17) is 16.6 Å². The predicted molar refractivity (Wildman–Crippen MR) is 104 cm³/mol. The first-order valence-corrected chi connectivity index (χ1v) is 8.80. The van der Waals surface area contributed by atoms with Gasteiger partial charge in [-0.25, -0.2) is 4.98 Å². The molecule has 1 aliphatic heterocycles. The zero-order valence-electron chi connectivity index (χ0n) is 14.1. The maximum Gasteiger partial charge on any atom is 0.229 e. The van der Waals surface area contributed by atoms with Crippen LogP contribution in [-0.4, -0.2) is 48.1 Å². The van der Waals surface area contributed by atoms with Gasteiger partial charge in [0.25, 0.3) is 0 Å². The lowest BCUT2D eigenvalue weighted by molar-refractivity contribution is 0.312. The lowest BCUT2D eigenvalue weighted by Crippen LogP contribution is -2.45. The monoisotopic (exact) mass is 353 g/mol. The Hall–Kier alpha value is -2.37. The molecule has 1 saturated heterocycles. The Morgan fingerprint density at radius 2 is 1.64 bits per heavy atom. The summed E-state index contributed by atoms with van der Waals surface area (Å²) >= 11 is 6.26. The van der Waals surface area contributed by atoms with Crippen LogP contribution in [0.25, 0.3) is 10.9 Å². The van der Waals surface area contributed by atoms with E-state index in [1.807, 2.05) is 42.5 Å². The van der Waals surface area contributed by atoms with Crippen molar-refractivity contribution >= 4 is 40.0 Å². The molecule has 0 radical (unpaired) electrons. The standard InChI is InChI=1S/C19H20ClN5/c1-24-10-12-25(13-11-24)18-14-6-2-4-8-16(14)21-19(23-18)22-17-9-5-3-7-15(17)20/h2-9H,10-13H2,1H3,(H,21,22,23). The minimum absolute atomic E-state index is 0.570. The second kappa shape index (κ2) is 6.86. The summed E-state index contributed by atoms with van der Waals surface area (Å²) in [4.78, 5) is 14.1. The quantitative estimate of drug-likeness (QED) is 0.776. The number of benzene rings is 2. The van der Waals surface area contributed by atoms with Gasteiger partial charge in [-0.3, -0.25) is 0 Å². The number of nitrogens with zero attached hydrogens (tertiary/aromatic N) is 4. The second-order valence-electron chi connectivity index (χ2n) is 6.28. The minimum Gasteiger partial charge on any atom is -0.353 e. The van der Waals surface area contributed by atoms with E-state index >= 15 is 0 Å². The van der Waals surface area contributed by atoms with Gasteiger partial charge in [-0.05, 0) is 31.3 Å². The van der Waals surface area contributed by atoms with Gasteiger partial charge in [-0.1, -0.05) is 35.9 Å². The molecule has 1 N–H and O–H groups in total. The number of likely N-dealkylation sites (N-methyl/N-ethyl adjacent to an activating group) is 1. The fraction of sp³-hybridized carbons (Fsp3) is 0.263. The van der Waals surface area contributed by atoms with Crippen LogP contribution in [0.4, 0.5) is 17.5 Å². The largest absolute Gasteiger partial charge is 0.353 e. The van der Waals surface area contributed by atoms with Crippen LogP contribution in [0.1, 0.15) is 0 Å². The van der Waals surface area contributed by atoms with Gasteiger partial charge < -0.3 is 15.1 Å². The number of hydrogen-bond donors (Lipinski definition) is 1. The lowest BCUT2D eigenvalue weighted by Gasteiger charge is -2.33. The van der Waals surface area contributed by atoms with Gasteiger partial charge >= 0.3 is 0 Å². The Balaban J connectivity index is 1.75. The first-order valence-electron chi connectivity index (χ1n) is 8.42. The number of fused-ring (bicyclic) bond motifs is 1. The number of nitrogens with one attached hydrogen (secondary N) is 1. The maximum absolute atomic E-state index is 6.26. The maximum atomic E-state index is 6.26. The highest BCUT2D eigenvalue weighted by atomic mass is 35.5. The summed E-state index contributed by atoms with van der Waals surface area (Å²) in [6.07, 6.45) is 0. The molecular formula is C19H20ClN5. The smallest absolute Gasteiger partial charge is 0.229 e. The van der Waals surface area contributed by atoms with Gasteiger partial charge in [0, 0.05) is 31.6 Å². The summed E-state index contributed by atoms with van der Waals surface area (Å²) in [5, 5.41) is 4.99. The molecule has 128 valence electrons. The molecule has 2 heterocycles. The fourth-order valence-corrected chi connectivity index (χ4v) is 3.24. The number of anilines is 3. The van der Waals surface area contributed by atoms with Gasteiger partial charge in [0.2, 0.25) is 5.95 Å². The molecule has 3 aromatic rings. The molecule has 1 fully saturated rings. The summed E-state index contributed by atoms with van der Waals surface area (Å²) in [6, 6.07) is 15.8. The van der Waals surface area contributed by atoms with Crippen LogP contribution in [0.5, 0.6) is 0 Å². The molecule has 2 aromatic carbocycles. The average molecular weight is 354 g/mol. The molecule has 0 bridgehead atoms. The van der Waals surface area contributed by atoms with Crippen molar-refractivity contribution in [1.29, 1.82) is 0 Å². The van der Waals surface area contributed by atoms with E-state index in [1.54, 1.807) is 0 Å². The summed E-state index contributed by atoms with van der Waals surface area (Å²) < 4.78 is 0. The predicted octanol–water partition coefficient (Wildman–Crippen LogP) is 3.78. The SMILES string of the molecule is CN1CCN(c2nc(Nc3ccccc3Cl)nc3ccccc23)CC1. The zero-order chi connectivity index (χ0) is 17.2. The Morgan fingerprint density at radius 1 is 0.920 bits per heavy atom. The Labute approximate surface area is 152 Å². The van der Waals surface area contributed by atoms with Crippen molar-refractivity contribution in [1.82, 2.24) is 14.9 Å². The third kappa shape index (κ3) is 3.38. The molecule has 0 unspecified atom stereocenters. The third-order valence-corrected chi connectivity index (χ3v) is 4.84. The fourth-order valence-electron chi connectivity index (χ4n) is 3.06. The molecule has 25 heavy (non-hydrogen) atoms. The van der Waals surface area contributed by atoms with E-state index in [9.17, 15) is 0 Å². The van der Waals surface area contributed by atoms with E-state index in [1.165, 1.54) is 0 Å². The molecule has 5 nitrogen and oxygen atoms in total. The van der Waals surface area contributed by atoms with Crippen LogP contribution in [0.15, 0.2) is 48.5 Å². The molecule has 0 amide bonds. The second-order valence-corrected chi connectivity index (χ2v) is 6.69. The van der Waals surface area contributed by atoms with Crippen LogP contribution in [0.3, 0.4) is 0 Å². The van der Waals surface area contributed by atoms with Crippen molar-refractivity contribution < 1.29 is 0 Å². The van der Waals surface area contributed by atoms with Crippen molar-refractivity contribution in [3.63, 3.8) is 0 Å². The van der Waals surface area contributed by atoms with Crippen molar-refractivity contribution in [3.05, 3.63) is 53.6 Å². The Bertz CT molecular complexity index is 890. The topological polar surface area (TPSA) is 44.3 Å². The van der Waals surface area contributed by atoms with E-state index in [-0.39, 0.29) is 0 Å². The summed E-state index contributed by atoms with van der Waals surface area (Å²) in [7, 11) is 2.15. The minimum atomic E-state index is 0.570. The molecule has 0 spiro atoms. The van der Waals surface area contributed by atoms with Crippen LogP contribution < -0.4 is 10.2 Å². The molecule has 6 heteroatoms. The summed E-state index contributed by atoms with van der Waals surface area (Å²) in [5.74, 6) is 1.55. The highest BCUT2D eigenvalue weighted by Crippen LogP contribution is 2.29. The van der Waals surface area contributed by atoms with Crippen LogP contribution >= 0.6 is 11.6 Å². The molecule has 0 saturated carbocycles. The summed E-state index contributed by atoms with van der Waals surface area (Å²) in [5.41, 5.74) is 1.74. The normalized spacial score (nSPS) is 15.5. The third-order valence-electron chi connectivity index (χ3n) is 4.51. The Kier molecular flexibility index (Phi) is 4.42. The van der Waals surface area contributed by atoms with Gasteiger partial charge in [-0.2, -0.15) is 4.98 Å². The van der Waals surface area contributed by atoms with Crippen LogP contribution in [0.2, 0.25) is 5.02 Å². The molecule has 1 aromatic heterocycles. The van der Waals surface area contributed by atoms with Gasteiger partial charge in [0.05, 0.1) is 16.2 Å². The molecular weight excluding hydrogens is 334 g/mol. The Morgan fingerprint density at radius 3 is 2.44 bits per heavy atom. The van der Waals surface area contributed by atoms with E-state index < -0.39 is 0 Å². The number of halogens is 1. The first-order chi connectivity index (χ1) is 12.2. The average Bonchev–Trinajstić information content (AvgIpc) is 2.64. The van der Waals surface area contributed by atoms with Gasteiger partial charge in [0.1, 0.15) is 5.82 Å². The van der Waals surface area contributed by atoms with Crippen LogP contribution in [-0.2, 0) is 0 Å². The van der Waals surface area contributed by atoms with Crippen molar-refractivity contribution in [2.45, 2.75) is 0 Å². The van der Waals surface area contributed by atoms with Crippen LogP contribution in [0, 0.1) is 0 Å². The van der Waals surface area contributed by atoms with Gasteiger partial charge in [-0.15, -0.1) is 0 Å². The first kappa shape index (κ1) is 16.1. The molecule has 1 aliphatic rings. The highest BCUT2D eigenvalue weighted by Gasteiger charge is 2.19. The highest BCUT2D eigenvalue weighted by molar-refractivity contribution is 6.33. The lowest BCUT2D eigenvalue weighted by atomic mass is 10.2. The zero-order valence-corrected chi connectivity index (χ0v) is 14.9. The number of rotatable bonds is 3. The van der Waals surface area contributed by atoms with Crippen molar-refractivity contribution in [2.24, 2.45) is 0 Å². The number of hydrogen-bond acceptors (Lipinski definition) is 5. The number of aromatic nitrogens is 2. The molecule has 4 rings (SSSR count). The summed E-state index contributed by atoms with van der Waals surface area (Å²) in [6.45, 7) is 3.99. The molecule has 0 atom stereocenters. The molecule has 0 aliphatic carbocycles. The van der Waals surface area contributed by atoms with E-state index in [0.29, 0.717) is 11.0 Å².